The molecular weight excluding hydrogens is 469 g/mol. The molecule has 0 saturated carbocycles. The standard InChI is InChI=1S/C25H20FN5O3S/c26-17-6-3-7-18(14-17)31(23(32)16-30-21-10-2-1-9-20(21)28-29-30)24(22-11-5-13-35-22)25(33)27-15-19-8-4-12-34-19/h1-14,24H,15-16H2,(H,27,33)/t24-/m1/s1. The predicted octanol–water partition coefficient (Wildman–Crippen LogP) is 4.32. The molecule has 0 saturated heterocycles. The number of para-hydroxylation sites is 1. The van der Waals surface area contributed by atoms with Crippen LogP contribution >= 0.6 is 11.3 Å². The van der Waals surface area contributed by atoms with Gasteiger partial charge in [0, 0.05) is 10.6 Å². The Bertz CT molecular complexity index is 1450. The van der Waals surface area contributed by atoms with E-state index in [-0.39, 0.29) is 18.8 Å². The number of furan rings is 1. The van der Waals surface area contributed by atoms with Crippen LogP contribution in [0.4, 0.5) is 10.1 Å². The minimum absolute atomic E-state index is 0.145. The summed E-state index contributed by atoms with van der Waals surface area (Å²) in [6.45, 7) is -0.0447. The van der Waals surface area contributed by atoms with Crippen LogP contribution in [-0.2, 0) is 22.7 Å². The maximum atomic E-state index is 14.2. The highest BCUT2D eigenvalue weighted by molar-refractivity contribution is 7.10. The van der Waals surface area contributed by atoms with Gasteiger partial charge in [0.05, 0.1) is 18.3 Å². The number of nitrogens with zero attached hydrogens (tertiary/aromatic N) is 4. The van der Waals surface area contributed by atoms with Gasteiger partial charge in [-0.05, 0) is 53.9 Å². The lowest BCUT2D eigenvalue weighted by atomic mass is 10.1. The number of aromatic nitrogens is 3. The average molecular weight is 490 g/mol. The molecule has 1 N–H and O–H groups in total. The first-order valence-corrected chi connectivity index (χ1v) is 11.7. The van der Waals surface area contributed by atoms with Crippen molar-refractivity contribution in [2.75, 3.05) is 4.90 Å². The Kier molecular flexibility index (Phi) is 6.36. The third kappa shape index (κ3) is 4.82. The smallest absolute Gasteiger partial charge is 0.249 e. The number of hydrogen-bond donors (Lipinski definition) is 1. The van der Waals surface area contributed by atoms with Crippen molar-refractivity contribution in [1.82, 2.24) is 20.3 Å². The van der Waals surface area contributed by atoms with Crippen molar-refractivity contribution in [3.05, 3.63) is 101 Å². The minimum Gasteiger partial charge on any atom is -0.467 e. The average Bonchev–Trinajstić information content (AvgIpc) is 3.64. The molecule has 5 aromatic rings. The van der Waals surface area contributed by atoms with E-state index in [0.29, 0.717) is 21.7 Å². The summed E-state index contributed by atoms with van der Waals surface area (Å²) in [5.74, 6) is -0.823. The Morgan fingerprint density at radius 3 is 2.74 bits per heavy atom. The summed E-state index contributed by atoms with van der Waals surface area (Å²) in [4.78, 5) is 29.2. The zero-order chi connectivity index (χ0) is 24.2. The highest BCUT2D eigenvalue weighted by Gasteiger charge is 2.34. The lowest BCUT2D eigenvalue weighted by Crippen LogP contribution is -2.45. The van der Waals surface area contributed by atoms with Crippen LogP contribution in [0, 0.1) is 5.82 Å². The van der Waals surface area contributed by atoms with Crippen LogP contribution in [0.15, 0.2) is 88.9 Å². The van der Waals surface area contributed by atoms with Crippen LogP contribution in [0.1, 0.15) is 16.7 Å². The fourth-order valence-corrected chi connectivity index (χ4v) is 4.62. The number of halogens is 1. The van der Waals surface area contributed by atoms with E-state index in [0.717, 1.165) is 0 Å². The number of rotatable bonds is 8. The van der Waals surface area contributed by atoms with Gasteiger partial charge in [-0.2, -0.15) is 0 Å². The normalized spacial score (nSPS) is 11.9. The monoisotopic (exact) mass is 489 g/mol. The van der Waals surface area contributed by atoms with Gasteiger partial charge in [0.25, 0.3) is 0 Å². The molecule has 0 fully saturated rings. The van der Waals surface area contributed by atoms with Crippen molar-refractivity contribution < 1.29 is 18.4 Å². The van der Waals surface area contributed by atoms with Crippen molar-refractivity contribution in [2.24, 2.45) is 0 Å². The zero-order valence-electron chi connectivity index (χ0n) is 18.4. The van der Waals surface area contributed by atoms with E-state index >= 15 is 0 Å². The Morgan fingerprint density at radius 1 is 1.09 bits per heavy atom. The van der Waals surface area contributed by atoms with Crippen molar-refractivity contribution in [3.8, 4) is 0 Å². The Morgan fingerprint density at radius 2 is 1.97 bits per heavy atom. The molecule has 35 heavy (non-hydrogen) atoms. The van der Waals surface area contributed by atoms with E-state index in [1.165, 1.54) is 45.4 Å². The quantitative estimate of drug-likeness (QED) is 0.351. The number of carbonyl (C=O) groups is 2. The van der Waals surface area contributed by atoms with Gasteiger partial charge in [0.2, 0.25) is 11.8 Å². The van der Waals surface area contributed by atoms with Crippen LogP contribution in [0.25, 0.3) is 11.0 Å². The molecule has 0 spiro atoms. The molecule has 0 bridgehead atoms. The Labute approximate surface area is 203 Å². The summed E-state index contributed by atoms with van der Waals surface area (Å²) < 4.78 is 21.0. The number of thiophene rings is 1. The Balaban J connectivity index is 1.52. The summed E-state index contributed by atoms with van der Waals surface area (Å²) in [5, 5.41) is 12.9. The molecule has 0 radical (unpaired) electrons. The second-order valence-corrected chi connectivity index (χ2v) is 8.67. The predicted molar refractivity (Wildman–Crippen MR) is 129 cm³/mol. The molecule has 8 nitrogen and oxygen atoms in total. The fourth-order valence-electron chi connectivity index (χ4n) is 3.81. The number of nitrogens with one attached hydrogen (secondary N) is 1. The van der Waals surface area contributed by atoms with Crippen LogP contribution < -0.4 is 10.2 Å². The molecule has 1 atom stereocenters. The van der Waals surface area contributed by atoms with Gasteiger partial charge < -0.3 is 9.73 Å². The van der Waals surface area contributed by atoms with Crippen molar-refractivity contribution >= 4 is 39.9 Å². The summed E-state index contributed by atoms with van der Waals surface area (Å²) in [6.07, 6.45) is 1.52. The highest BCUT2D eigenvalue weighted by atomic mass is 32.1. The van der Waals surface area contributed by atoms with Gasteiger partial charge in [-0.25, -0.2) is 9.07 Å². The summed E-state index contributed by atoms with van der Waals surface area (Å²) in [7, 11) is 0. The molecule has 176 valence electrons. The number of amides is 2. The van der Waals surface area contributed by atoms with Crippen LogP contribution in [0.3, 0.4) is 0 Å². The zero-order valence-corrected chi connectivity index (χ0v) is 19.2. The second kappa shape index (κ2) is 9.90. The summed E-state index contributed by atoms with van der Waals surface area (Å²) in [5.41, 5.74) is 1.57. The number of benzene rings is 2. The summed E-state index contributed by atoms with van der Waals surface area (Å²) >= 11 is 1.33. The van der Waals surface area contributed by atoms with Gasteiger partial charge in [0.1, 0.15) is 29.7 Å². The van der Waals surface area contributed by atoms with Crippen LogP contribution in [0.2, 0.25) is 0 Å². The number of anilines is 1. The van der Waals surface area contributed by atoms with E-state index in [2.05, 4.69) is 15.6 Å². The van der Waals surface area contributed by atoms with Crippen molar-refractivity contribution in [1.29, 1.82) is 0 Å². The molecular formula is C25H20FN5O3S. The topological polar surface area (TPSA) is 93.3 Å². The first kappa shape index (κ1) is 22.5. The van der Waals surface area contributed by atoms with Crippen LogP contribution in [-0.4, -0.2) is 26.8 Å². The van der Waals surface area contributed by atoms with E-state index in [4.69, 9.17) is 4.42 Å². The van der Waals surface area contributed by atoms with Gasteiger partial charge in [-0.3, -0.25) is 14.5 Å². The third-order valence-corrected chi connectivity index (χ3v) is 6.32. The summed E-state index contributed by atoms with van der Waals surface area (Å²) in [6, 6.07) is 18.9. The number of fused-ring (bicyclic) bond motifs is 1. The van der Waals surface area contributed by atoms with Crippen LogP contribution in [0.5, 0.6) is 0 Å². The first-order valence-electron chi connectivity index (χ1n) is 10.8. The highest BCUT2D eigenvalue weighted by Crippen LogP contribution is 2.31. The lowest BCUT2D eigenvalue weighted by Gasteiger charge is -2.30. The van der Waals surface area contributed by atoms with Gasteiger partial charge in [-0.15, -0.1) is 16.4 Å². The number of carbonyl (C=O) groups excluding carboxylic acids is 2. The maximum absolute atomic E-state index is 14.2. The van der Waals surface area contributed by atoms with E-state index in [1.54, 1.807) is 36.4 Å². The molecule has 0 aliphatic rings. The van der Waals surface area contributed by atoms with Gasteiger partial charge >= 0.3 is 0 Å². The molecule has 0 aliphatic heterocycles. The third-order valence-electron chi connectivity index (χ3n) is 5.40. The molecule has 0 unspecified atom stereocenters. The second-order valence-electron chi connectivity index (χ2n) is 7.69. The van der Waals surface area contributed by atoms with Gasteiger partial charge in [0.15, 0.2) is 0 Å². The molecule has 10 heteroatoms. The minimum atomic E-state index is -1.03. The maximum Gasteiger partial charge on any atom is 0.249 e. The number of hydrogen-bond acceptors (Lipinski definition) is 6. The van der Waals surface area contributed by atoms with Crippen molar-refractivity contribution in [2.45, 2.75) is 19.1 Å². The van der Waals surface area contributed by atoms with E-state index in [1.807, 2.05) is 23.6 Å². The molecule has 0 aliphatic carbocycles. The largest absolute Gasteiger partial charge is 0.467 e. The van der Waals surface area contributed by atoms with E-state index in [9.17, 15) is 14.0 Å². The Hall–Kier alpha value is -4.31. The first-order chi connectivity index (χ1) is 17.1. The van der Waals surface area contributed by atoms with E-state index < -0.39 is 23.7 Å². The van der Waals surface area contributed by atoms with Crippen molar-refractivity contribution in [3.63, 3.8) is 0 Å². The molecule has 2 aromatic carbocycles. The molecule has 2 amide bonds. The SMILES string of the molecule is O=C(NCc1ccco1)[C@@H](c1cccs1)N(C(=O)Cn1nnc2ccccc21)c1cccc(F)c1. The molecule has 3 heterocycles. The van der Waals surface area contributed by atoms with Gasteiger partial charge in [-0.1, -0.05) is 29.5 Å². The fraction of sp³-hybridized carbons (Fsp3) is 0.120. The lowest BCUT2D eigenvalue weighted by molar-refractivity contribution is -0.127. The molecule has 3 aromatic heterocycles. The molecule has 5 rings (SSSR count).